The summed E-state index contributed by atoms with van der Waals surface area (Å²) < 4.78 is 7.21. The molecule has 0 aliphatic carbocycles. The molecule has 138 valence electrons. The van der Waals surface area contributed by atoms with E-state index in [4.69, 9.17) is 4.42 Å². The van der Waals surface area contributed by atoms with E-state index in [1.807, 2.05) is 15.6 Å². The van der Waals surface area contributed by atoms with Crippen LogP contribution in [0.5, 0.6) is 0 Å². The van der Waals surface area contributed by atoms with Crippen molar-refractivity contribution in [1.82, 2.24) is 24.9 Å². The Hall–Kier alpha value is -2.77. The molecular weight excluding hydrogens is 334 g/mol. The molecule has 1 saturated heterocycles. The minimum Gasteiger partial charge on any atom is -0.459 e. The van der Waals surface area contributed by atoms with E-state index in [0.29, 0.717) is 25.4 Å². The minimum absolute atomic E-state index is 0.00233. The van der Waals surface area contributed by atoms with Gasteiger partial charge in [0.1, 0.15) is 0 Å². The third-order valence-electron chi connectivity index (χ3n) is 5.05. The number of nitrogens with one attached hydrogen (secondary N) is 1. The predicted molar refractivity (Wildman–Crippen MR) is 93.5 cm³/mol. The smallest absolute Gasteiger partial charge is 0.317 e. The molecule has 4 rings (SSSR count). The molecule has 2 aliphatic heterocycles. The molecule has 8 heteroatoms. The lowest BCUT2D eigenvalue weighted by molar-refractivity contribution is 0.0632. The van der Waals surface area contributed by atoms with Crippen LogP contribution in [0.1, 0.15) is 41.6 Å². The van der Waals surface area contributed by atoms with E-state index in [9.17, 15) is 9.59 Å². The van der Waals surface area contributed by atoms with Crippen molar-refractivity contribution in [2.24, 2.45) is 0 Å². The monoisotopic (exact) mass is 357 g/mol. The van der Waals surface area contributed by atoms with Gasteiger partial charge >= 0.3 is 6.03 Å². The van der Waals surface area contributed by atoms with Gasteiger partial charge in [-0.3, -0.25) is 9.48 Å². The maximum Gasteiger partial charge on any atom is 0.317 e. The quantitative estimate of drug-likeness (QED) is 0.905. The maximum atomic E-state index is 12.6. The van der Waals surface area contributed by atoms with Crippen LogP contribution in [-0.4, -0.2) is 57.7 Å². The summed E-state index contributed by atoms with van der Waals surface area (Å²) in [5, 5.41) is 7.39. The zero-order valence-electron chi connectivity index (χ0n) is 14.6. The second kappa shape index (κ2) is 7.23. The van der Waals surface area contributed by atoms with Crippen molar-refractivity contribution in [3.05, 3.63) is 42.1 Å². The molecule has 0 saturated carbocycles. The molecule has 1 unspecified atom stereocenters. The zero-order chi connectivity index (χ0) is 17.9. The summed E-state index contributed by atoms with van der Waals surface area (Å²) in [4.78, 5) is 28.4. The number of nitrogens with zero attached hydrogens (tertiary/aromatic N) is 4. The normalized spacial score (nSPS) is 19.5. The Balaban J connectivity index is 1.38. The van der Waals surface area contributed by atoms with Gasteiger partial charge in [-0.2, -0.15) is 5.10 Å². The van der Waals surface area contributed by atoms with E-state index in [1.54, 1.807) is 23.2 Å². The van der Waals surface area contributed by atoms with Gasteiger partial charge in [0.15, 0.2) is 5.76 Å². The summed E-state index contributed by atoms with van der Waals surface area (Å²) in [6, 6.07) is 5.36. The van der Waals surface area contributed by atoms with Crippen LogP contribution in [0.25, 0.3) is 0 Å². The van der Waals surface area contributed by atoms with Crippen molar-refractivity contribution in [1.29, 1.82) is 0 Å². The molecule has 1 N–H and O–H groups in total. The summed E-state index contributed by atoms with van der Waals surface area (Å²) in [5.74, 6) is 0.229. The molecule has 1 atom stereocenters. The molecule has 2 aliphatic rings. The van der Waals surface area contributed by atoms with Crippen molar-refractivity contribution >= 4 is 11.9 Å². The third-order valence-corrected chi connectivity index (χ3v) is 5.05. The van der Waals surface area contributed by atoms with Crippen molar-refractivity contribution in [3.8, 4) is 0 Å². The van der Waals surface area contributed by atoms with Crippen LogP contribution in [0.3, 0.4) is 0 Å². The molecule has 0 radical (unpaired) electrons. The van der Waals surface area contributed by atoms with Crippen LogP contribution >= 0.6 is 0 Å². The van der Waals surface area contributed by atoms with Crippen LogP contribution < -0.4 is 5.32 Å². The minimum atomic E-state index is -0.117. The van der Waals surface area contributed by atoms with Gasteiger partial charge in [-0.15, -0.1) is 0 Å². The number of urea groups is 1. The van der Waals surface area contributed by atoms with Crippen molar-refractivity contribution in [2.45, 2.75) is 31.8 Å². The van der Waals surface area contributed by atoms with Gasteiger partial charge in [-0.05, 0) is 37.5 Å². The number of aromatic nitrogens is 2. The molecule has 26 heavy (non-hydrogen) atoms. The number of hydrogen-bond donors (Lipinski definition) is 1. The topological polar surface area (TPSA) is 83.6 Å². The second-order valence-electron chi connectivity index (χ2n) is 6.80. The van der Waals surface area contributed by atoms with Crippen LogP contribution in [-0.2, 0) is 6.54 Å². The first kappa shape index (κ1) is 16.7. The first-order chi connectivity index (χ1) is 12.7. The molecule has 2 aromatic rings. The van der Waals surface area contributed by atoms with Gasteiger partial charge in [0.25, 0.3) is 5.91 Å². The summed E-state index contributed by atoms with van der Waals surface area (Å²) in [6.07, 6.45) is 6.14. The first-order valence-electron chi connectivity index (χ1n) is 9.10. The van der Waals surface area contributed by atoms with E-state index in [0.717, 1.165) is 38.0 Å². The SMILES string of the molecule is O=C(NCCC1CN(C(=O)c2ccco2)Cc2ccnn21)N1CCCC1. The number of carbonyl (C=O) groups is 2. The third kappa shape index (κ3) is 3.31. The van der Waals surface area contributed by atoms with Gasteiger partial charge in [0.2, 0.25) is 0 Å². The van der Waals surface area contributed by atoms with Gasteiger partial charge in [-0.25, -0.2) is 4.79 Å². The molecule has 2 aromatic heterocycles. The van der Waals surface area contributed by atoms with Crippen molar-refractivity contribution in [3.63, 3.8) is 0 Å². The lowest BCUT2D eigenvalue weighted by atomic mass is 10.1. The highest BCUT2D eigenvalue weighted by Gasteiger charge is 2.30. The number of carbonyl (C=O) groups excluding carboxylic acids is 2. The van der Waals surface area contributed by atoms with Gasteiger partial charge in [0.05, 0.1) is 24.5 Å². The highest BCUT2D eigenvalue weighted by molar-refractivity contribution is 5.91. The van der Waals surface area contributed by atoms with E-state index >= 15 is 0 Å². The number of likely N-dealkylation sites (tertiary alicyclic amines) is 1. The standard InChI is InChI=1S/C18H23N5O3/c24-17(16-4-3-11-26-16)22-12-14(23-15(13-22)6-8-20-23)5-7-19-18(25)21-9-1-2-10-21/h3-4,6,8,11,14H,1-2,5,7,9-10,12-13H2,(H,19,25). The average molecular weight is 357 g/mol. The fraction of sp³-hybridized carbons (Fsp3) is 0.500. The number of furan rings is 1. The van der Waals surface area contributed by atoms with Crippen molar-refractivity contribution < 1.29 is 14.0 Å². The Morgan fingerprint density at radius 3 is 2.85 bits per heavy atom. The molecule has 0 spiro atoms. The second-order valence-corrected chi connectivity index (χ2v) is 6.80. The Morgan fingerprint density at radius 1 is 1.23 bits per heavy atom. The summed E-state index contributed by atoms with van der Waals surface area (Å²) in [6.45, 7) is 3.29. The maximum absolute atomic E-state index is 12.6. The number of fused-ring (bicyclic) bond motifs is 1. The highest BCUT2D eigenvalue weighted by atomic mass is 16.3. The van der Waals surface area contributed by atoms with E-state index < -0.39 is 0 Å². The van der Waals surface area contributed by atoms with E-state index in [2.05, 4.69) is 10.4 Å². The van der Waals surface area contributed by atoms with E-state index in [-0.39, 0.29) is 18.0 Å². The largest absolute Gasteiger partial charge is 0.459 e. The number of rotatable bonds is 4. The number of amides is 3. The zero-order valence-corrected chi connectivity index (χ0v) is 14.6. The molecule has 3 amide bonds. The Labute approximate surface area is 151 Å². The summed E-state index contributed by atoms with van der Waals surface area (Å²) >= 11 is 0. The Kier molecular flexibility index (Phi) is 4.64. The summed E-state index contributed by atoms with van der Waals surface area (Å²) in [7, 11) is 0. The van der Waals surface area contributed by atoms with Crippen LogP contribution in [0.15, 0.2) is 35.1 Å². The van der Waals surface area contributed by atoms with E-state index in [1.165, 1.54) is 6.26 Å². The molecule has 4 heterocycles. The van der Waals surface area contributed by atoms with Crippen LogP contribution in [0.4, 0.5) is 4.79 Å². The molecule has 0 aromatic carbocycles. The first-order valence-corrected chi connectivity index (χ1v) is 9.10. The highest BCUT2D eigenvalue weighted by Crippen LogP contribution is 2.24. The van der Waals surface area contributed by atoms with Gasteiger partial charge < -0.3 is 19.5 Å². The van der Waals surface area contributed by atoms with Crippen LogP contribution in [0.2, 0.25) is 0 Å². The van der Waals surface area contributed by atoms with Gasteiger partial charge in [-0.1, -0.05) is 0 Å². The molecule has 0 bridgehead atoms. The lowest BCUT2D eigenvalue weighted by Crippen LogP contribution is -2.43. The van der Waals surface area contributed by atoms with Crippen molar-refractivity contribution in [2.75, 3.05) is 26.2 Å². The average Bonchev–Trinajstić information content (AvgIpc) is 3.42. The predicted octanol–water partition coefficient (Wildman–Crippen LogP) is 1.87. The lowest BCUT2D eigenvalue weighted by Gasteiger charge is -2.33. The Bertz CT molecular complexity index is 764. The molecule has 1 fully saturated rings. The summed E-state index contributed by atoms with van der Waals surface area (Å²) in [5.41, 5.74) is 0.993. The fourth-order valence-electron chi connectivity index (χ4n) is 3.69. The Morgan fingerprint density at radius 2 is 2.08 bits per heavy atom. The fourth-order valence-corrected chi connectivity index (χ4v) is 3.69. The van der Waals surface area contributed by atoms with Gasteiger partial charge in [0, 0.05) is 32.4 Å². The molecular formula is C18H23N5O3. The molecule has 8 nitrogen and oxygen atoms in total. The number of hydrogen-bond acceptors (Lipinski definition) is 4. The van der Waals surface area contributed by atoms with Crippen LogP contribution in [0, 0.1) is 0 Å².